The maximum atomic E-state index is 4.40. The molecule has 1 aliphatic rings. The fourth-order valence-corrected chi connectivity index (χ4v) is 2.01. The second kappa shape index (κ2) is 4.96. The van der Waals surface area contributed by atoms with Crippen molar-refractivity contribution in [3.63, 3.8) is 0 Å². The maximum absolute atomic E-state index is 4.40. The summed E-state index contributed by atoms with van der Waals surface area (Å²) in [7, 11) is 1.86. The van der Waals surface area contributed by atoms with Crippen molar-refractivity contribution >= 4 is 11.6 Å². The first kappa shape index (κ1) is 10.2. The molecular formula is C11H18N4. The van der Waals surface area contributed by atoms with Gasteiger partial charge >= 0.3 is 0 Å². The second-order valence-corrected chi connectivity index (χ2v) is 4.02. The highest BCUT2D eigenvalue weighted by atomic mass is 15.1. The molecule has 0 aliphatic heterocycles. The topological polar surface area (TPSA) is 49.8 Å². The van der Waals surface area contributed by atoms with E-state index >= 15 is 0 Å². The molecule has 0 bridgehead atoms. The molecule has 0 amide bonds. The smallest absolute Gasteiger partial charge is 0.147 e. The van der Waals surface area contributed by atoms with Gasteiger partial charge in [0, 0.05) is 13.1 Å². The van der Waals surface area contributed by atoms with Gasteiger partial charge in [0.1, 0.15) is 11.6 Å². The molecule has 4 nitrogen and oxygen atoms in total. The zero-order valence-corrected chi connectivity index (χ0v) is 9.16. The molecule has 4 heteroatoms. The molecule has 1 aromatic rings. The Labute approximate surface area is 90.5 Å². The summed E-state index contributed by atoms with van der Waals surface area (Å²) in [5.74, 6) is 1.70. The van der Waals surface area contributed by atoms with Crippen LogP contribution in [-0.2, 0) is 0 Å². The SMILES string of the molecule is CNc1cncc(NC2CCCCC2)n1. The van der Waals surface area contributed by atoms with E-state index in [1.807, 2.05) is 7.05 Å². The predicted octanol–water partition coefficient (Wildman–Crippen LogP) is 2.26. The van der Waals surface area contributed by atoms with Gasteiger partial charge in [0.05, 0.1) is 12.4 Å². The highest BCUT2D eigenvalue weighted by molar-refractivity contribution is 5.41. The van der Waals surface area contributed by atoms with Crippen LogP contribution in [-0.4, -0.2) is 23.1 Å². The van der Waals surface area contributed by atoms with Gasteiger partial charge < -0.3 is 10.6 Å². The number of rotatable bonds is 3. The number of hydrogen-bond acceptors (Lipinski definition) is 4. The Bertz CT molecular complexity index is 307. The van der Waals surface area contributed by atoms with Gasteiger partial charge in [-0.05, 0) is 12.8 Å². The normalized spacial score (nSPS) is 17.4. The van der Waals surface area contributed by atoms with Crippen LogP contribution in [0.5, 0.6) is 0 Å². The zero-order valence-electron chi connectivity index (χ0n) is 9.16. The lowest BCUT2D eigenvalue weighted by molar-refractivity contribution is 0.462. The molecule has 1 heterocycles. The third-order valence-corrected chi connectivity index (χ3v) is 2.85. The van der Waals surface area contributed by atoms with E-state index < -0.39 is 0 Å². The molecule has 82 valence electrons. The molecular weight excluding hydrogens is 188 g/mol. The molecule has 15 heavy (non-hydrogen) atoms. The molecule has 0 radical (unpaired) electrons. The van der Waals surface area contributed by atoms with E-state index in [0.29, 0.717) is 6.04 Å². The number of hydrogen-bond donors (Lipinski definition) is 2. The van der Waals surface area contributed by atoms with Gasteiger partial charge in [0.15, 0.2) is 0 Å². The third kappa shape index (κ3) is 2.81. The first-order chi connectivity index (χ1) is 7.38. The Morgan fingerprint density at radius 3 is 2.60 bits per heavy atom. The van der Waals surface area contributed by atoms with Crippen molar-refractivity contribution in [2.75, 3.05) is 17.7 Å². The fourth-order valence-electron chi connectivity index (χ4n) is 2.01. The highest BCUT2D eigenvalue weighted by Gasteiger charge is 2.13. The van der Waals surface area contributed by atoms with Crippen LogP contribution in [0.1, 0.15) is 32.1 Å². The predicted molar refractivity (Wildman–Crippen MR) is 62.1 cm³/mol. The van der Waals surface area contributed by atoms with Gasteiger partial charge in [-0.2, -0.15) is 0 Å². The Morgan fingerprint density at radius 2 is 1.87 bits per heavy atom. The maximum Gasteiger partial charge on any atom is 0.147 e. The first-order valence-electron chi connectivity index (χ1n) is 5.65. The van der Waals surface area contributed by atoms with Crippen molar-refractivity contribution in [2.24, 2.45) is 0 Å². The van der Waals surface area contributed by atoms with Crippen molar-refractivity contribution in [2.45, 2.75) is 38.1 Å². The van der Waals surface area contributed by atoms with E-state index in [4.69, 9.17) is 0 Å². The Morgan fingerprint density at radius 1 is 1.13 bits per heavy atom. The van der Waals surface area contributed by atoms with Crippen molar-refractivity contribution in [1.29, 1.82) is 0 Å². The largest absolute Gasteiger partial charge is 0.372 e. The van der Waals surface area contributed by atoms with E-state index in [1.54, 1.807) is 12.4 Å². The van der Waals surface area contributed by atoms with E-state index in [0.717, 1.165) is 11.6 Å². The minimum atomic E-state index is 0.583. The summed E-state index contributed by atoms with van der Waals surface area (Å²) < 4.78 is 0. The summed E-state index contributed by atoms with van der Waals surface area (Å²) in [6, 6.07) is 0.583. The summed E-state index contributed by atoms with van der Waals surface area (Å²) >= 11 is 0. The number of anilines is 2. The molecule has 1 aromatic heterocycles. The van der Waals surface area contributed by atoms with Crippen LogP contribution in [0.2, 0.25) is 0 Å². The van der Waals surface area contributed by atoms with Crippen molar-refractivity contribution in [3.05, 3.63) is 12.4 Å². The van der Waals surface area contributed by atoms with Gasteiger partial charge in [-0.1, -0.05) is 19.3 Å². The summed E-state index contributed by atoms with van der Waals surface area (Å²) in [5, 5.41) is 6.43. The summed E-state index contributed by atoms with van der Waals surface area (Å²) in [5.41, 5.74) is 0. The molecule has 1 fully saturated rings. The quantitative estimate of drug-likeness (QED) is 0.796. The molecule has 2 rings (SSSR count). The Hall–Kier alpha value is -1.32. The fraction of sp³-hybridized carbons (Fsp3) is 0.636. The first-order valence-corrected chi connectivity index (χ1v) is 5.65. The number of aromatic nitrogens is 2. The molecule has 0 spiro atoms. The zero-order chi connectivity index (χ0) is 10.5. The standard InChI is InChI=1S/C11H18N4/c1-12-10-7-13-8-11(15-10)14-9-5-3-2-4-6-9/h7-9H,2-6H2,1H3,(H2,12,14,15). The molecule has 0 saturated heterocycles. The van der Waals surface area contributed by atoms with Crippen LogP contribution in [0.15, 0.2) is 12.4 Å². The van der Waals surface area contributed by atoms with Crippen LogP contribution in [0, 0.1) is 0 Å². The number of nitrogens with one attached hydrogen (secondary N) is 2. The monoisotopic (exact) mass is 206 g/mol. The van der Waals surface area contributed by atoms with Crippen LogP contribution >= 0.6 is 0 Å². The van der Waals surface area contributed by atoms with E-state index in [1.165, 1.54) is 32.1 Å². The highest BCUT2D eigenvalue weighted by Crippen LogP contribution is 2.20. The van der Waals surface area contributed by atoms with E-state index in [-0.39, 0.29) is 0 Å². The summed E-state index contributed by atoms with van der Waals surface area (Å²) in [6.45, 7) is 0. The van der Waals surface area contributed by atoms with Gasteiger partial charge in [-0.25, -0.2) is 4.98 Å². The summed E-state index contributed by atoms with van der Waals surface area (Å²) in [6.07, 6.45) is 10.1. The lowest BCUT2D eigenvalue weighted by atomic mass is 9.96. The molecule has 1 saturated carbocycles. The van der Waals surface area contributed by atoms with Crippen LogP contribution in [0.4, 0.5) is 11.6 Å². The Balaban J connectivity index is 1.96. The van der Waals surface area contributed by atoms with Crippen LogP contribution in [0.3, 0.4) is 0 Å². The van der Waals surface area contributed by atoms with Crippen LogP contribution < -0.4 is 10.6 Å². The molecule has 2 N–H and O–H groups in total. The molecule has 0 aromatic carbocycles. The molecule has 0 atom stereocenters. The Kier molecular flexibility index (Phi) is 3.37. The van der Waals surface area contributed by atoms with Crippen LogP contribution in [0.25, 0.3) is 0 Å². The summed E-state index contributed by atoms with van der Waals surface area (Å²) in [4.78, 5) is 8.53. The van der Waals surface area contributed by atoms with Gasteiger partial charge in [0.2, 0.25) is 0 Å². The van der Waals surface area contributed by atoms with E-state index in [2.05, 4.69) is 20.6 Å². The lowest BCUT2D eigenvalue weighted by Gasteiger charge is -2.23. The van der Waals surface area contributed by atoms with Gasteiger partial charge in [-0.15, -0.1) is 0 Å². The lowest BCUT2D eigenvalue weighted by Crippen LogP contribution is -2.23. The van der Waals surface area contributed by atoms with Gasteiger partial charge in [0.25, 0.3) is 0 Å². The average Bonchev–Trinajstić information content (AvgIpc) is 2.31. The average molecular weight is 206 g/mol. The van der Waals surface area contributed by atoms with Gasteiger partial charge in [-0.3, -0.25) is 4.98 Å². The van der Waals surface area contributed by atoms with Crippen molar-refractivity contribution in [3.8, 4) is 0 Å². The minimum Gasteiger partial charge on any atom is -0.372 e. The van der Waals surface area contributed by atoms with Crippen molar-refractivity contribution < 1.29 is 0 Å². The molecule has 1 aliphatic carbocycles. The second-order valence-electron chi connectivity index (χ2n) is 4.02. The third-order valence-electron chi connectivity index (χ3n) is 2.85. The van der Waals surface area contributed by atoms with Crippen molar-refractivity contribution in [1.82, 2.24) is 9.97 Å². The molecule has 0 unspecified atom stereocenters. The van der Waals surface area contributed by atoms with E-state index in [9.17, 15) is 0 Å². The minimum absolute atomic E-state index is 0.583. The number of nitrogens with zero attached hydrogens (tertiary/aromatic N) is 2.